The van der Waals surface area contributed by atoms with Gasteiger partial charge in [-0.3, -0.25) is 0 Å². The number of alkyl halides is 3. The van der Waals surface area contributed by atoms with Crippen LogP contribution in [0.4, 0.5) is 18.9 Å². The standard InChI is InChI=1S/C14H12F3N3S/c1-20-9-10(6-12(20)7-18)8-19-11-2-4-13(5-3-11)21-14(15,16)17/h2-6,9,19H,8H2,1H3. The summed E-state index contributed by atoms with van der Waals surface area (Å²) in [6.07, 6.45) is 1.83. The van der Waals surface area contributed by atoms with Gasteiger partial charge in [0.15, 0.2) is 0 Å². The van der Waals surface area contributed by atoms with E-state index in [4.69, 9.17) is 5.26 Å². The second-order valence-corrected chi connectivity index (χ2v) is 5.52. The Morgan fingerprint density at radius 1 is 1.29 bits per heavy atom. The van der Waals surface area contributed by atoms with Gasteiger partial charge in [-0.2, -0.15) is 18.4 Å². The van der Waals surface area contributed by atoms with Crippen LogP contribution in [0.25, 0.3) is 0 Å². The van der Waals surface area contributed by atoms with Crippen LogP contribution < -0.4 is 5.32 Å². The molecule has 0 amide bonds. The minimum absolute atomic E-state index is 0.135. The first-order valence-corrected chi connectivity index (χ1v) is 6.84. The summed E-state index contributed by atoms with van der Waals surface area (Å²) >= 11 is -0.135. The van der Waals surface area contributed by atoms with Gasteiger partial charge in [0, 0.05) is 30.4 Å². The Morgan fingerprint density at radius 3 is 2.48 bits per heavy atom. The third-order valence-electron chi connectivity index (χ3n) is 2.76. The highest BCUT2D eigenvalue weighted by Gasteiger charge is 2.28. The van der Waals surface area contributed by atoms with E-state index in [0.717, 1.165) is 11.3 Å². The zero-order valence-corrected chi connectivity index (χ0v) is 11.9. The second-order valence-electron chi connectivity index (χ2n) is 4.38. The van der Waals surface area contributed by atoms with E-state index in [1.165, 1.54) is 12.1 Å². The minimum Gasteiger partial charge on any atom is -0.381 e. The second kappa shape index (κ2) is 6.14. The van der Waals surface area contributed by atoms with Crippen molar-refractivity contribution in [3.8, 4) is 6.07 Å². The highest BCUT2D eigenvalue weighted by Crippen LogP contribution is 2.37. The van der Waals surface area contributed by atoms with E-state index in [2.05, 4.69) is 11.4 Å². The minimum atomic E-state index is -4.27. The molecule has 2 rings (SSSR count). The summed E-state index contributed by atoms with van der Waals surface area (Å²) in [6.45, 7) is 0.501. The third kappa shape index (κ3) is 4.46. The van der Waals surface area contributed by atoms with Crippen molar-refractivity contribution in [2.45, 2.75) is 16.9 Å². The molecule has 0 aliphatic rings. The summed E-state index contributed by atoms with van der Waals surface area (Å²) in [5, 5.41) is 12.0. The van der Waals surface area contributed by atoms with E-state index in [9.17, 15) is 13.2 Å². The molecule has 0 fully saturated rings. The van der Waals surface area contributed by atoms with Crippen LogP contribution in [0, 0.1) is 11.3 Å². The van der Waals surface area contributed by atoms with Crippen LogP contribution in [0.5, 0.6) is 0 Å². The zero-order chi connectivity index (χ0) is 15.5. The average molecular weight is 311 g/mol. The van der Waals surface area contributed by atoms with Gasteiger partial charge >= 0.3 is 5.51 Å². The highest BCUT2D eigenvalue weighted by molar-refractivity contribution is 8.00. The summed E-state index contributed by atoms with van der Waals surface area (Å²) in [4.78, 5) is 0.152. The first-order chi connectivity index (χ1) is 9.87. The van der Waals surface area contributed by atoms with Crippen molar-refractivity contribution in [2.24, 2.45) is 7.05 Å². The first kappa shape index (κ1) is 15.3. The topological polar surface area (TPSA) is 40.8 Å². The number of aryl methyl sites for hydroxylation is 1. The van der Waals surface area contributed by atoms with Gasteiger partial charge in [-0.1, -0.05) is 0 Å². The van der Waals surface area contributed by atoms with Crippen LogP contribution in [-0.2, 0) is 13.6 Å². The Morgan fingerprint density at radius 2 is 1.95 bits per heavy atom. The molecule has 2 aromatic rings. The normalized spacial score (nSPS) is 11.2. The van der Waals surface area contributed by atoms with E-state index in [1.807, 2.05) is 6.20 Å². The number of rotatable bonds is 4. The molecular formula is C14H12F3N3S. The number of hydrogen-bond acceptors (Lipinski definition) is 3. The molecule has 21 heavy (non-hydrogen) atoms. The average Bonchev–Trinajstić information content (AvgIpc) is 2.77. The Bertz CT molecular complexity index is 654. The molecule has 0 aliphatic heterocycles. The number of halogens is 3. The third-order valence-corrected chi connectivity index (χ3v) is 3.50. The van der Waals surface area contributed by atoms with Crippen LogP contribution in [0.15, 0.2) is 41.4 Å². The molecular weight excluding hydrogens is 299 g/mol. The van der Waals surface area contributed by atoms with Crippen LogP contribution in [0.3, 0.4) is 0 Å². The molecule has 0 saturated heterocycles. The van der Waals surface area contributed by atoms with Gasteiger partial charge in [0.2, 0.25) is 0 Å². The molecule has 0 bridgehead atoms. The molecule has 3 nitrogen and oxygen atoms in total. The number of aromatic nitrogens is 1. The van der Waals surface area contributed by atoms with Crippen LogP contribution in [0.1, 0.15) is 11.3 Å². The number of benzene rings is 1. The molecule has 1 N–H and O–H groups in total. The zero-order valence-electron chi connectivity index (χ0n) is 11.1. The SMILES string of the molecule is Cn1cc(CNc2ccc(SC(F)(F)F)cc2)cc1C#N. The number of nitrogens with one attached hydrogen (secondary N) is 1. The molecule has 0 aliphatic carbocycles. The fourth-order valence-electron chi connectivity index (χ4n) is 1.82. The lowest BCUT2D eigenvalue weighted by atomic mass is 10.3. The van der Waals surface area contributed by atoms with Crippen molar-refractivity contribution >= 4 is 17.4 Å². The maximum atomic E-state index is 12.2. The number of nitrogens with zero attached hydrogens (tertiary/aromatic N) is 2. The van der Waals surface area contributed by atoms with Crippen molar-refractivity contribution in [2.75, 3.05) is 5.32 Å². The summed E-state index contributed by atoms with van der Waals surface area (Å²) in [6, 6.07) is 9.88. The molecule has 110 valence electrons. The number of thioether (sulfide) groups is 1. The van der Waals surface area contributed by atoms with Crippen LogP contribution in [-0.4, -0.2) is 10.1 Å². The molecule has 0 atom stereocenters. The van der Waals surface area contributed by atoms with Crippen LogP contribution >= 0.6 is 11.8 Å². The fraction of sp³-hybridized carbons (Fsp3) is 0.214. The van der Waals surface area contributed by atoms with E-state index in [1.54, 1.807) is 29.8 Å². The Labute approximate surface area is 124 Å². The smallest absolute Gasteiger partial charge is 0.381 e. The maximum Gasteiger partial charge on any atom is 0.446 e. The predicted molar refractivity (Wildman–Crippen MR) is 75.8 cm³/mol. The molecule has 0 unspecified atom stereocenters. The summed E-state index contributed by atoms with van der Waals surface area (Å²) in [7, 11) is 1.78. The van der Waals surface area contributed by atoms with Crippen molar-refractivity contribution < 1.29 is 13.2 Å². The van der Waals surface area contributed by atoms with Gasteiger partial charge in [0.25, 0.3) is 0 Å². The monoisotopic (exact) mass is 311 g/mol. The lowest BCUT2D eigenvalue weighted by molar-refractivity contribution is -0.0328. The van der Waals surface area contributed by atoms with Gasteiger partial charge in [-0.15, -0.1) is 0 Å². The summed E-state index contributed by atoms with van der Waals surface area (Å²) in [5.74, 6) is 0. The van der Waals surface area contributed by atoms with E-state index in [0.29, 0.717) is 12.2 Å². The highest BCUT2D eigenvalue weighted by atomic mass is 32.2. The number of anilines is 1. The number of nitriles is 1. The maximum absolute atomic E-state index is 12.2. The Hall–Kier alpha value is -2.07. The number of hydrogen-bond donors (Lipinski definition) is 1. The van der Waals surface area contributed by atoms with Crippen molar-refractivity contribution in [1.29, 1.82) is 5.26 Å². The summed E-state index contributed by atoms with van der Waals surface area (Å²) in [5.41, 5.74) is -2.05. The molecule has 1 aromatic heterocycles. The lowest BCUT2D eigenvalue weighted by Crippen LogP contribution is -2.00. The van der Waals surface area contributed by atoms with Gasteiger partial charge in [0.05, 0.1) is 0 Å². The van der Waals surface area contributed by atoms with Crippen molar-refractivity contribution in [3.05, 3.63) is 47.8 Å². The van der Waals surface area contributed by atoms with E-state index in [-0.39, 0.29) is 16.7 Å². The molecule has 1 heterocycles. The van der Waals surface area contributed by atoms with Crippen molar-refractivity contribution in [3.63, 3.8) is 0 Å². The Balaban J connectivity index is 1.96. The molecule has 0 saturated carbocycles. The van der Waals surface area contributed by atoms with E-state index < -0.39 is 5.51 Å². The first-order valence-electron chi connectivity index (χ1n) is 6.02. The molecule has 7 heteroatoms. The van der Waals surface area contributed by atoms with Gasteiger partial charge in [-0.05, 0) is 47.7 Å². The van der Waals surface area contributed by atoms with Crippen molar-refractivity contribution in [1.82, 2.24) is 4.57 Å². The van der Waals surface area contributed by atoms with Crippen LogP contribution in [0.2, 0.25) is 0 Å². The molecule has 0 radical (unpaired) electrons. The lowest BCUT2D eigenvalue weighted by Gasteiger charge is -2.08. The van der Waals surface area contributed by atoms with E-state index >= 15 is 0 Å². The van der Waals surface area contributed by atoms with Gasteiger partial charge in [0.1, 0.15) is 11.8 Å². The largest absolute Gasteiger partial charge is 0.446 e. The fourth-order valence-corrected chi connectivity index (χ4v) is 2.36. The predicted octanol–water partition coefficient (Wildman–Crippen LogP) is 4.12. The molecule has 0 spiro atoms. The Kier molecular flexibility index (Phi) is 4.48. The molecule has 1 aromatic carbocycles. The quantitative estimate of drug-likeness (QED) is 0.864. The van der Waals surface area contributed by atoms with Gasteiger partial charge < -0.3 is 9.88 Å². The summed E-state index contributed by atoms with van der Waals surface area (Å²) < 4.78 is 38.3. The van der Waals surface area contributed by atoms with Gasteiger partial charge in [-0.25, -0.2) is 0 Å².